The van der Waals surface area contributed by atoms with Gasteiger partial charge in [-0.05, 0) is 24.4 Å². The van der Waals surface area contributed by atoms with Crippen molar-refractivity contribution in [1.29, 1.82) is 0 Å². The number of nitro benzene ring substituents is 1. The van der Waals surface area contributed by atoms with Gasteiger partial charge in [0.1, 0.15) is 4.90 Å². The molecular weight excluding hydrogens is 406 g/mol. The lowest BCUT2D eigenvalue weighted by molar-refractivity contribution is -0.385. The fourth-order valence-electron chi connectivity index (χ4n) is 2.60. The van der Waals surface area contributed by atoms with Crippen molar-refractivity contribution in [2.45, 2.75) is 18.2 Å². The molecule has 0 radical (unpaired) electrons. The maximum atomic E-state index is 13.2. The number of nitrogens with zero attached hydrogens (tertiary/aromatic N) is 1. The summed E-state index contributed by atoms with van der Waals surface area (Å²) in [7, 11) is -4.07. The summed E-state index contributed by atoms with van der Waals surface area (Å²) in [6.07, 6.45) is -0.301. The van der Waals surface area contributed by atoms with Gasteiger partial charge in [0, 0.05) is 18.1 Å². The Labute approximate surface area is 164 Å². The summed E-state index contributed by atoms with van der Waals surface area (Å²) in [6.45, 7) is 5.39. The van der Waals surface area contributed by atoms with E-state index in [0.29, 0.717) is 4.88 Å². The molecule has 0 fully saturated rings. The van der Waals surface area contributed by atoms with Gasteiger partial charge in [0.25, 0.3) is 5.69 Å². The van der Waals surface area contributed by atoms with Crippen LogP contribution in [0.4, 0.5) is 5.69 Å². The van der Waals surface area contributed by atoms with Crippen molar-refractivity contribution in [2.24, 2.45) is 0 Å². The van der Waals surface area contributed by atoms with E-state index in [1.54, 1.807) is 24.4 Å². The molecular formula is C18H15NO7S2. The van der Waals surface area contributed by atoms with Crippen LogP contribution >= 0.6 is 11.3 Å². The molecule has 0 saturated heterocycles. The first-order valence-corrected chi connectivity index (χ1v) is 10.4. The number of thiophene rings is 1. The van der Waals surface area contributed by atoms with Gasteiger partial charge in [-0.2, -0.15) is 0 Å². The summed E-state index contributed by atoms with van der Waals surface area (Å²) in [4.78, 5) is 22.5. The van der Waals surface area contributed by atoms with Crippen LogP contribution < -0.4 is 4.74 Å². The van der Waals surface area contributed by atoms with Crippen LogP contribution in [0.25, 0.3) is 5.76 Å². The van der Waals surface area contributed by atoms with Crippen LogP contribution in [-0.2, 0) is 19.4 Å². The van der Waals surface area contributed by atoms with Crippen molar-refractivity contribution in [3.63, 3.8) is 0 Å². The van der Waals surface area contributed by atoms with E-state index >= 15 is 0 Å². The van der Waals surface area contributed by atoms with E-state index in [4.69, 9.17) is 9.47 Å². The number of sulfone groups is 1. The zero-order valence-electron chi connectivity index (χ0n) is 14.7. The number of fused-ring (bicyclic) bond motifs is 1. The number of allylic oxidation sites excluding steroid dienone is 1. The Morgan fingerprint density at radius 1 is 1.36 bits per heavy atom. The third kappa shape index (κ3) is 3.56. The van der Waals surface area contributed by atoms with Gasteiger partial charge in [-0.1, -0.05) is 12.6 Å². The molecule has 2 heterocycles. The van der Waals surface area contributed by atoms with Crippen LogP contribution in [0.1, 0.15) is 18.2 Å². The molecule has 0 N–H and O–H groups in total. The predicted molar refractivity (Wildman–Crippen MR) is 103 cm³/mol. The lowest BCUT2D eigenvalue weighted by atomic mass is 10.2. The van der Waals surface area contributed by atoms with Crippen LogP contribution in [0, 0.1) is 10.1 Å². The first kappa shape index (κ1) is 19.8. The number of carbonyl (C=O) groups is 1. The number of benzene rings is 1. The maximum Gasteiger partial charge on any atom is 0.333 e. The molecule has 0 aliphatic carbocycles. The molecule has 10 heteroatoms. The molecule has 28 heavy (non-hydrogen) atoms. The number of carbonyl (C=O) groups excluding carboxylic acids is 1. The molecule has 2 aromatic rings. The van der Waals surface area contributed by atoms with E-state index in [0.717, 1.165) is 18.2 Å². The summed E-state index contributed by atoms with van der Waals surface area (Å²) in [6, 6.07) is 6.65. The van der Waals surface area contributed by atoms with E-state index in [1.807, 2.05) is 0 Å². The number of rotatable bonds is 6. The van der Waals surface area contributed by atoms with E-state index in [1.165, 1.54) is 11.3 Å². The van der Waals surface area contributed by atoms with Gasteiger partial charge in [-0.3, -0.25) is 10.1 Å². The third-order valence-corrected chi connectivity index (χ3v) is 6.66. The zero-order chi connectivity index (χ0) is 20.5. The summed E-state index contributed by atoms with van der Waals surface area (Å²) in [5.41, 5.74) is -0.331. The van der Waals surface area contributed by atoms with Crippen molar-refractivity contribution in [3.05, 3.63) is 67.8 Å². The molecule has 1 aromatic heterocycles. The van der Waals surface area contributed by atoms with Gasteiger partial charge in [0.15, 0.2) is 11.5 Å². The van der Waals surface area contributed by atoms with Crippen LogP contribution in [0.15, 0.2) is 57.7 Å². The largest absolute Gasteiger partial charge is 0.463 e. The number of non-ortho nitro benzene ring substituents is 1. The molecule has 0 atom stereocenters. The van der Waals surface area contributed by atoms with Crippen LogP contribution in [0.5, 0.6) is 5.75 Å². The number of nitro groups is 1. The molecule has 0 amide bonds. The zero-order valence-corrected chi connectivity index (χ0v) is 16.3. The van der Waals surface area contributed by atoms with Gasteiger partial charge in [-0.15, -0.1) is 11.3 Å². The normalized spacial score (nSPS) is 14.8. The first-order valence-electron chi connectivity index (χ1n) is 8.09. The van der Waals surface area contributed by atoms with Crippen molar-refractivity contribution >= 4 is 38.6 Å². The highest BCUT2D eigenvalue weighted by molar-refractivity contribution is 7.95. The topological polar surface area (TPSA) is 113 Å². The van der Waals surface area contributed by atoms with Crippen molar-refractivity contribution < 1.29 is 27.6 Å². The Morgan fingerprint density at radius 2 is 2.11 bits per heavy atom. The Balaban J connectivity index is 2.14. The molecule has 0 unspecified atom stereocenters. The van der Waals surface area contributed by atoms with Gasteiger partial charge < -0.3 is 9.47 Å². The Morgan fingerprint density at radius 3 is 2.71 bits per heavy atom. The average molecular weight is 421 g/mol. The monoisotopic (exact) mass is 421 g/mol. The highest BCUT2D eigenvalue weighted by Crippen LogP contribution is 2.44. The van der Waals surface area contributed by atoms with E-state index in [9.17, 15) is 23.3 Å². The smallest absolute Gasteiger partial charge is 0.333 e. The molecule has 1 aliphatic heterocycles. The second-order valence-corrected chi connectivity index (χ2v) is 8.61. The van der Waals surface area contributed by atoms with Crippen molar-refractivity contribution in [2.75, 3.05) is 6.61 Å². The van der Waals surface area contributed by atoms with Crippen molar-refractivity contribution in [3.8, 4) is 5.75 Å². The van der Waals surface area contributed by atoms with E-state index in [2.05, 4.69) is 6.58 Å². The summed E-state index contributed by atoms with van der Waals surface area (Å²) in [5, 5.41) is 12.8. The lowest BCUT2D eigenvalue weighted by Gasteiger charge is -2.23. The predicted octanol–water partition coefficient (Wildman–Crippen LogP) is 3.70. The van der Waals surface area contributed by atoms with Crippen LogP contribution in [-0.4, -0.2) is 25.9 Å². The van der Waals surface area contributed by atoms with Gasteiger partial charge >= 0.3 is 5.97 Å². The standard InChI is InChI=1S/C18H15NO7S2/c1-3-25-18(20)11(2)9-16-17(14-5-4-8-27-14)26-13-10-12(19(21)22)6-7-15(13)28(16,23)24/h4-8,10H,2-3,9H2,1H3. The minimum atomic E-state index is -4.07. The molecule has 3 rings (SSSR count). The molecule has 8 nitrogen and oxygen atoms in total. The highest BCUT2D eigenvalue weighted by atomic mass is 32.2. The Hall–Kier alpha value is -2.98. The second-order valence-electron chi connectivity index (χ2n) is 5.72. The fourth-order valence-corrected chi connectivity index (χ4v) is 5.04. The first-order chi connectivity index (χ1) is 13.3. The Bertz CT molecular complexity index is 1100. The van der Waals surface area contributed by atoms with Crippen LogP contribution in [0.2, 0.25) is 0 Å². The van der Waals surface area contributed by atoms with Crippen LogP contribution in [0.3, 0.4) is 0 Å². The minimum Gasteiger partial charge on any atom is -0.463 e. The molecule has 0 bridgehead atoms. The summed E-state index contributed by atoms with van der Waals surface area (Å²) < 4.78 is 37.1. The maximum absolute atomic E-state index is 13.2. The molecule has 1 aromatic carbocycles. The minimum absolute atomic E-state index is 0.0217. The van der Waals surface area contributed by atoms with E-state index < -0.39 is 20.7 Å². The summed E-state index contributed by atoms with van der Waals surface area (Å²) in [5.74, 6) is -0.818. The quantitative estimate of drug-likeness (QED) is 0.302. The highest BCUT2D eigenvalue weighted by Gasteiger charge is 2.36. The second kappa shape index (κ2) is 7.56. The number of hydrogen-bond donors (Lipinski definition) is 0. The third-order valence-electron chi connectivity index (χ3n) is 3.90. The fraction of sp³-hybridized carbons (Fsp3) is 0.167. The molecule has 146 valence electrons. The van der Waals surface area contributed by atoms with Gasteiger partial charge in [0.05, 0.1) is 27.4 Å². The summed E-state index contributed by atoms with van der Waals surface area (Å²) >= 11 is 1.24. The Kier molecular flexibility index (Phi) is 5.34. The molecule has 0 spiro atoms. The molecule has 1 aliphatic rings. The number of ether oxygens (including phenoxy) is 2. The SMILES string of the molecule is C=C(CC1=C(c2cccs2)Oc2cc([N+](=O)[O-])ccc2S1(=O)=O)C(=O)OCC. The van der Waals surface area contributed by atoms with Crippen molar-refractivity contribution in [1.82, 2.24) is 0 Å². The average Bonchev–Trinajstić information content (AvgIpc) is 3.18. The van der Waals surface area contributed by atoms with E-state index in [-0.39, 0.29) is 45.6 Å². The van der Waals surface area contributed by atoms with Gasteiger partial charge in [0.2, 0.25) is 9.84 Å². The molecule has 0 saturated carbocycles. The number of hydrogen-bond acceptors (Lipinski definition) is 8. The number of esters is 1. The lowest BCUT2D eigenvalue weighted by Crippen LogP contribution is -2.19. The van der Waals surface area contributed by atoms with Gasteiger partial charge in [-0.25, -0.2) is 13.2 Å².